The zero-order chi connectivity index (χ0) is 17.8. The molecule has 0 radical (unpaired) electrons. The molecule has 0 bridgehead atoms. The summed E-state index contributed by atoms with van der Waals surface area (Å²) in [6, 6.07) is 10.7. The number of benzene rings is 2. The number of fused-ring (bicyclic) bond motifs is 1. The maximum atomic E-state index is 12.0. The summed E-state index contributed by atoms with van der Waals surface area (Å²) in [7, 11) is 0. The molecule has 1 amide bonds. The van der Waals surface area contributed by atoms with Crippen LogP contribution in [0.5, 0.6) is 11.5 Å². The lowest BCUT2D eigenvalue weighted by Crippen LogP contribution is -2.28. The molecule has 25 heavy (non-hydrogen) atoms. The van der Waals surface area contributed by atoms with Gasteiger partial charge in [0.1, 0.15) is 0 Å². The van der Waals surface area contributed by atoms with Gasteiger partial charge < -0.3 is 19.5 Å². The van der Waals surface area contributed by atoms with Gasteiger partial charge in [-0.3, -0.25) is 4.79 Å². The Morgan fingerprint density at radius 1 is 1.04 bits per heavy atom. The molecule has 1 aliphatic rings. The SMILES string of the molecule is Cc1ccc(C(=O)OCC(=O)NCc2ccc3c(c2)OCO3)cc1C. The summed E-state index contributed by atoms with van der Waals surface area (Å²) < 4.78 is 15.6. The first kappa shape index (κ1) is 16.8. The molecule has 0 aliphatic carbocycles. The number of rotatable bonds is 5. The molecule has 0 saturated carbocycles. The van der Waals surface area contributed by atoms with Crippen molar-refractivity contribution in [2.75, 3.05) is 13.4 Å². The van der Waals surface area contributed by atoms with Gasteiger partial charge in [0.05, 0.1) is 5.56 Å². The normalized spacial score (nSPS) is 11.9. The lowest BCUT2D eigenvalue weighted by molar-refractivity contribution is -0.124. The van der Waals surface area contributed by atoms with E-state index in [2.05, 4.69) is 5.32 Å². The molecule has 0 atom stereocenters. The predicted octanol–water partition coefficient (Wildman–Crippen LogP) is 2.51. The first-order valence-corrected chi connectivity index (χ1v) is 7.92. The molecule has 0 spiro atoms. The Morgan fingerprint density at radius 3 is 2.64 bits per heavy atom. The second-order valence-electron chi connectivity index (χ2n) is 5.84. The number of hydrogen-bond donors (Lipinski definition) is 1. The summed E-state index contributed by atoms with van der Waals surface area (Å²) in [5.41, 5.74) is 3.41. The van der Waals surface area contributed by atoms with Crippen molar-refractivity contribution < 1.29 is 23.8 Å². The van der Waals surface area contributed by atoms with Crippen LogP contribution in [0.1, 0.15) is 27.0 Å². The highest BCUT2D eigenvalue weighted by Gasteiger charge is 2.14. The van der Waals surface area contributed by atoms with Gasteiger partial charge >= 0.3 is 5.97 Å². The van der Waals surface area contributed by atoms with Crippen molar-refractivity contribution in [2.45, 2.75) is 20.4 Å². The zero-order valence-electron chi connectivity index (χ0n) is 14.1. The second kappa shape index (κ2) is 7.25. The minimum absolute atomic E-state index is 0.208. The van der Waals surface area contributed by atoms with Crippen molar-refractivity contribution >= 4 is 11.9 Å². The average Bonchev–Trinajstić information content (AvgIpc) is 3.08. The van der Waals surface area contributed by atoms with Crippen LogP contribution in [0, 0.1) is 13.8 Å². The molecule has 6 nitrogen and oxygen atoms in total. The summed E-state index contributed by atoms with van der Waals surface area (Å²) >= 11 is 0. The van der Waals surface area contributed by atoms with E-state index in [1.165, 1.54) is 0 Å². The molecule has 1 heterocycles. The van der Waals surface area contributed by atoms with Crippen LogP contribution >= 0.6 is 0 Å². The van der Waals surface area contributed by atoms with Gasteiger partial charge in [0, 0.05) is 6.54 Å². The number of nitrogens with one attached hydrogen (secondary N) is 1. The lowest BCUT2D eigenvalue weighted by Gasteiger charge is -2.08. The van der Waals surface area contributed by atoms with Crippen LogP contribution in [0.2, 0.25) is 0 Å². The van der Waals surface area contributed by atoms with Crippen LogP contribution in [-0.2, 0) is 16.1 Å². The summed E-state index contributed by atoms with van der Waals surface area (Å²) in [6.45, 7) is 4.09. The van der Waals surface area contributed by atoms with Gasteiger partial charge in [0.2, 0.25) is 6.79 Å². The Labute approximate surface area is 145 Å². The van der Waals surface area contributed by atoms with Crippen LogP contribution in [0.25, 0.3) is 0 Å². The van der Waals surface area contributed by atoms with Crippen LogP contribution in [0.3, 0.4) is 0 Å². The number of carbonyl (C=O) groups excluding carboxylic acids is 2. The summed E-state index contributed by atoms with van der Waals surface area (Å²) in [6.07, 6.45) is 0. The lowest BCUT2D eigenvalue weighted by atomic mass is 10.1. The van der Waals surface area contributed by atoms with E-state index in [1.54, 1.807) is 18.2 Å². The van der Waals surface area contributed by atoms with Gasteiger partial charge in [-0.1, -0.05) is 12.1 Å². The number of esters is 1. The van der Waals surface area contributed by atoms with Gasteiger partial charge in [0.25, 0.3) is 5.91 Å². The summed E-state index contributed by atoms with van der Waals surface area (Å²) in [4.78, 5) is 23.8. The standard InChI is InChI=1S/C19H19NO5/c1-12-3-5-15(7-13(12)2)19(22)23-10-18(21)20-9-14-4-6-16-17(8-14)25-11-24-16/h3-8H,9-11H2,1-2H3,(H,20,21). The van der Waals surface area contributed by atoms with Crippen molar-refractivity contribution in [3.05, 3.63) is 58.7 Å². The molecule has 130 valence electrons. The van der Waals surface area contributed by atoms with Crippen LogP contribution in [0.4, 0.5) is 0 Å². The molecule has 6 heteroatoms. The van der Waals surface area contributed by atoms with Crippen LogP contribution in [0.15, 0.2) is 36.4 Å². The molecule has 2 aromatic carbocycles. The largest absolute Gasteiger partial charge is 0.454 e. The molecule has 1 N–H and O–H groups in total. The van der Waals surface area contributed by atoms with Crippen molar-refractivity contribution in [3.63, 3.8) is 0 Å². The highest BCUT2D eigenvalue weighted by Crippen LogP contribution is 2.32. The van der Waals surface area contributed by atoms with E-state index >= 15 is 0 Å². The van der Waals surface area contributed by atoms with E-state index in [-0.39, 0.29) is 19.3 Å². The Bertz CT molecular complexity index is 815. The molecule has 0 fully saturated rings. The Morgan fingerprint density at radius 2 is 1.84 bits per heavy atom. The average molecular weight is 341 g/mol. The van der Waals surface area contributed by atoms with Gasteiger partial charge in [-0.2, -0.15) is 0 Å². The fourth-order valence-corrected chi connectivity index (χ4v) is 2.39. The van der Waals surface area contributed by atoms with Gasteiger partial charge in [-0.05, 0) is 54.8 Å². The topological polar surface area (TPSA) is 73.9 Å². The fourth-order valence-electron chi connectivity index (χ4n) is 2.39. The van der Waals surface area contributed by atoms with E-state index in [9.17, 15) is 9.59 Å². The molecule has 2 aromatic rings. The fraction of sp³-hybridized carbons (Fsp3) is 0.263. The first-order chi connectivity index (χ1) is 12.0. The van der Waals surface area contributed by atoms with E-state index in [4.69, 9.17) is 14.2 Å². The van der Waals surface area contributed by atoms with Crippen molar-refractivity contribution in [3.8, 4) is 11.5 Å². The Balaban J connectivity index is 1.47. The Kier molecular flexibility index (Phi) is 4.88. The highest BCUT2D eigenvalue weighted by molar-refractivity contribution is 5.91. The van der Waals surface area contributed by atoms with E-state index in [1.807, 2.05) is 32.0 Å². The molecule has 1 aliphatic heterocycles. The van der Waals surface area contributed by atoms with Crippen molar-refractivity contribution in [2.24, 2.45) is 0 Å². The Hall–Kier alpha value is -3.02. The van der Waals surface area contributed by atoms with Crippen molar-refractivity contribution in [1.82, 2.24) is 5.32 Å². The van der Waals surface area contributed by atoms with E-state index in [0.29, 0.717) is 23.6 Å². The smallest absolute Gasteiger partial charge is 0.338 e. The molecule has 0 aromatic heterocycles. The number of amides is 1. The van der Waals surface area contributed by atoms with Gasteiger partial charge in [-0.15, -0.1) is 0 Å². The highest BCUT2D eigenvalue weighted by atomic mass is 16.7. The monoisotopic (exact) mass is 341 g/mol. The number of aryl methyl sites for hydroxylation is 2. The molecular formula is C19H19NO5. The summed E-state index contributed by atoms with van der Waals surface area (Å²) in [5, 5.41) is 2.70. The maximum absolute atomic E-state index is 12.0. The quantitative estimate of drug-likeness (QED) is 0.846. The number of carbonyl (C=O) groups is 2. The maximum Gasteiger partial charge on any atom is 0.338 e. The third-order valence-electron chi connectivity index (χ3n) is 4.00. The number of ether oxygens (including phenoxy) is 3. The van der Waals surface area contributed by atoms with E-state index < -0.39 is 5.97 Å². The molecule has 0 saturated heterocycles. The first-order valence-electron chi connectivity index (χ1n) is 7.92. The minimum atomic E-state index is -0.513. The molecule has 0 unspecified atom stereocenters. The van der Waals surface area contributed by atoms with Crippen LogP contribution in [-0.4, -0.2) is 25.3 Å². The third-order valence-corrected chi connectivity index (χ3v) is 4.00. The van der Waals surface area contributed by atoms with Crippen LogP contribution < -0.4 is 14.8 Å². The summed E-state index contributed by atoms with van der Waals surface area (Å²) in [5.74, 6) is 0.474. The third kappa shape index (κ3) is 4.09. The number of hydrogen-bond acceptors (Lipinski definition) is 5. The minimum Gasteiger partial charge on any atom is -0.454 e. The van der Waals surface area contributed by atoms with Gasteiger partial charge in [0.15, 0.2) is 18.1 Å². The zero-order valence-corrected chi connectivity index (χ0v) is 14.1. The van der Waals surface area contributed by atoms with Gasteiger partial charge in [-0.25, -0.2) is 4.79 Å². The molecular weight excluding hydrogens is 322 g/mol. The molecule has 3 rings (SSSR count). The van der Waals surface area contributed by atoms with E-state index in [0.717, 1.165) is 16.7 Å². The second-order valence-corrected chi connectivity index (χ2v) is 5.84. The van der Waals surface area contributed by atoms with Crippen molar-refractivity contribution in [1.29, 1.82) is 0 Å². The predicted molar refractivity (Wildman–Crippen MR) is 90.6 cm³/mol.